The topological polar surface area (TPSA) is 51.8 Å². The van der Waals surface area contributed by atoms with E-state index in [1.807, 2.05) is 78.1 Å². The number of para-hydroxylation sites is 1. The minimum absolute atomic E-state index is 0.571. The summed E-state index contributed by atoms with van der Waals surface area (Å²) in [5.74, 6) is 1.78. The minimum atomic E-state index is 0.571. The van der Waals surface area contributed by atoms with Gasteiger partial charge in [0.05, 0.1) is 5.02 Å². The molecule has 0 spiro atoms. The van der Waals surface area contributed by atoms with Crippen LogP contribution in [0.3, 0.4) is 0 Å². The Bertz CT molecular complexity index is 2570. The largest absolute Gasteiger partial charge is 0.454 e. The van der Waals surface area contributed by atoms with Crippen molar-refractivity contribution in [3.8, 4) is 45.3 Å². The van der Waals surface area contributed by atoms with Crippen LogP contribution in [0.25, 0.3) is 87.4 Å². The van der Waals surface area contributed by atoms with Crippen molar-refractivity contribution >= 4 is 65.0 Å². The van der Waals surface area contributed by atoms with Gasteiger partial charge in [0.25, 0.3) is 0 Å². The molecule has 9 rings (SSSR count). The maximum Gasteiger partial charge on any atom is 0.164 e. The van der Waals surface area contributed by atoms with Crippen molar-refractivity contribution in [3.05, 3.63) is 138 Å². The molecule has 0 fully saturated rings. The smallest absolute Gasteiger partial charge is 0.164 e. The molecular formula is C39H22ClN3OS. The zero-order valence-electron chi connectivity index (χ0n) is 23.7. The zero-order valence-corrected chi connectivity index (χ0v) is 25.3. The number of aromatic nitrogens is 3. The van der Waals surface area contributed by atoms with Gasteiger partial charge >= 0.3 is 0 Å². The molecule has 0 unspecified atom stereocenters. The van der Waals surface area contributed by atoms with Crippen LogP contribution in [0.15, 0.2) is 138 Å². The Morgan fingerprint density at radius 2 is 1.16 bits per heavy atom. The molecule has 0 atom stereocenters. The van der Waals surface area contributed by atoms with Crippen LogP contribution in [0.5, 0.6) is 0 Å². The first-order valence-electron chi connectivity index (χ1n) is 14.6. The molecule has 0 aliphatic rings. The number of thiophene rings is 1. The summed E-state index contributed by atoms with van der Waals surface area (Å²) in [6.07, 6.45) is 0. The van der Waals surface area contributed by atoms with Crippen LogP contribution in [-0.4, -0.2) is 15.0 Å². The Labute approximate surface area is 267 Å². The molecule has 212 valence electrons. The van der Waals surface area contributed by atoms with Crippen LogP contribution in [0, 0.1) is 0 Å². The van der Waals surface area contributed by atoms with Crippen molar-refractivity contribution < 1.29 is 4.42 Å². The van der Waals surface area contributed by atoms with E-state index in [0.29, 0.717) is 28.1 Å². The van der Waals surface area contributed by atoms with Gasteiger partial charge in [-0.3, -0.25) is 0 Å². The van der Waals surface area contributed by atoms with E-state index in [0.717, 1.165) is 38.6 Å². The molecule has 0 saturated carbocycles. The van der Waals surface area contributed by atoms with E-state index < -0.39 is 0 Å². The Morgan fingerprint density at radius 3 is 2.07 bits per heavy atom. The second-order valence-electron chi connectivity index (χ2n) is 10.9. The molecule has 0 amide bonds. The lowest BCUT2D eigenvalue weighted by Gasteiger charge is -2.10. The van der Waals surface area contributed by atoms with Gasteiger partial charge in [0, 0.05) is 47.6 Å². The molecule has 0 saturated heterocycles. The third kappa shape index (κ3) is 4.32. The lowest BCUT2D eigenvalue weighted by Crippen LogP contribution is -2.00. The number of nitrogens with zero attached hydrogens (tertiary/aromatic N) is 3. The lowest BCUT2D eigenvalue weighted by atomic mass is 10.0. The fourth-order valence-electron chi connectivity index (χ4n) is 6.14. The Hall–Kier alpha value is -5.36. The van der Waals surface area contributed by atoms with Gasteiger partial charge < -0.3 is 4.42 Å². The van der Waals surface area contributed by atoms with Crippen LogP contribution in [0.2, 0.25) is 5.02 Å². The van der Waals surface area contributed by atoms with Gasteiger partial charge in [0.15, 0.2) is 23.1 Å². The maximum atomic E-state index is 6.53. The van der Waals surface area contributed by atoms with Crippen LogP contribution in [0.4, 0.5) is 0 Å². The predicted molar refractivity (Wildman–Crippen MR) is 187 cm³/mol. The van der Waals surface area contributed by atoms with Gasteiger partial charge in [-0.25, -0.2) is 15.0 Å². The maximum absolute atomic E-state index is 6.53. The monoisotopic (exact) mass is 615 g/mol. The first kappa shape index (κ1) is 26.1. The summed E-state index contributed by atoms with van der Waals surface area (Å²) in [6, 6.07) is 45.4. The third-order valence-corrected chi connectivity index (χ3v) is 9.74. The van der Waals surface area contributed by atoms with Crippen LogP contribution in [-0.2, 0) is 0 Å². The molecule has 0 radical (unpaired) electrons. The summed E-state index contributed by atoms with van der Waals surface area (Å²) in [4.78, 5) is 15.1. The standard InChI is InChI=1S/C39H22ClN3OS/c40-31-19-8-17-29-34-30(18-9-20-32(34)44-35(29)31)39-42-37(23-10-2-1-3-11-23)41-38(43-39)25-13-6-12-24(22-25)26-15-7-16-28-27-14-4-5-21-33(27)45-36(26)28/h1-22H. The molecule has 3 aromatic heterocycles. The molecule has 6 aromatic carbocycles. The summed E-state index contributed by atoms with van der Waals surface area (Å²) in [7, 11) is 0. The molecule has 9 aromatic rings. The number of hydrogen-bond donors (Lipinski definition) is 0. The van der Waals surface area contributed by atoms with E-state index in [9.17, 15) is 0 Å². The molecule has 0 N–H and O–H groups in total. The van der Waals surface area contributed by atoms with E-state index in [4.69, 9.17) is 31.0 Å². The first-order valence-corrected chi connectivity index (χ1v) is 15.8. The number of benzene rings is 6. The predicted octanol–water partition coefficient (Wildman–Crippen LogP) is 11.5. The summed E-state index contributed by atoms with van der Waals surface area (Å²) >= 11 is 8.36. The highest BCUT2D eigenvalue weighted by Gasteiger charge is 2.19. The Kier molecular flexibility index (Phi) is 6.01. The SMILES string of the molecule is Clc1cccc2c1oc1cccc(-c3nc(-c4ccccc4)nc(-c4cccc(-c5cccc6c5sc5ccccc56)c4)n3)c12. The quantitative estimate of drug-likeness (QED) is 0.198. The summed E-state index contributed by atoms with van der Waals surface area (Å²) < 4.78 is 8.75. The number of hydrogen-bond acceptors (Lipinski definition) is 5. The van der Waals surface area contributed by atoms with E-state index >= 15 is 0 Å². The second-order valence-corrected chi connectivity index (χ2v) is 12.4. The lowest BCUT2D eigenvalue weighted by molar-refractivity contribution is 0.669. The van der Waals surface area contributed by atoms with E-state index in [-0.39, 0.29) is 0 Å². The average Bonchev–Trinajstić information content (AvgIpc) is 3.68. The molecule has 4 nitrogen and oxygen atoms in total. The Morgan fingerprint density at radius 1 is 0.511 bits per heavy atom. The zero-order chi connectivity index (χ0) is 29.9. The highest BCUT2D eigenvalue weighted by Crippen LogP contribution is 2.41. The number of rotatable bonds is 4. The fraction of sp³-hybridized carbons (Fsp3) is 0. The van der Waals surface area contributed by atoms with Crippen molar-refractivity contribution in [2.75, 3.05) is 0 Å². The summed E-state index contributed by atoms with van der Waals surface area (Å²) in [5.41, 5.74) is 6.39. The van der Waals surface area contributed by atoms with Gasteiger partial charge in [-0.15, -0.1) is 11.3 Å². The van der Waals surface area contributed by atoms with Crippen LogP contribution < -0.4 is 0 Å². The molecule has 0 aliphatic carbocycles. The second kappa shape index (κ2) is 10.4. The number of furan rings is 1. The van der Waals surface area contributed by atoms with Crippen LogP contribution in [0.1, 0.15) is 0 Å². The van der Waals surface area contributed by atoms with Crippen LogP contribution >= 0.6 is 22.9 Å². The van der Waals surface area contributed by atoms with Gasteiger partial charge in [-0.1, -0.05) is 121 Å². The van der Waals surface area contributed by atoms with Gasteiger partial charge in [0.1, 0.15) is 5.58 Å². The Balaban J connectivity index is 1.26. The molecule has 0 bridgehead atoms. The third-order valence-electron chi connectivity index (χ3n) is 8.22. The molecule has 45 heavy (non-hydrogen) atoms. The molecule has 0 aliphatic heterocycles. The van der Waals surface area contributed by atoms with E-state index in [1.54, 1.807) is 0 Å². The average molecular weight is 616 g/mol. The van der Waals surface area contributed by atoms with Crippen molar-refractivity contribution in [1.82, 2.24) is 15.0 Å². The van der Waals surface area contributed by atoms with Gasteiger partial charge in [-0.2, -0.15) is 0 Å². The number of halogens is 1. The molecule has 6 heteroatoms. The van der Waals surface area contributed by atoms with E-state index in [2.05, 4.69) is 66.7 Å². The minimum Gasteiger partial charge on any atom is -0.454 e. The number of fused-ring (bicyclic) bond motifs is 6. The highest BCUT2D eigenvalue weighted by molar-refractivity contribution is 7.26. The van der Waals surface area contributed by atoms with Crippen molar-refractivity contribution in [2.24, 2.45) is 0 Å². The van der Waals surface area contributed by atoms with Gasteiger partial charge in [-0.05, 0) is 35.4 Å². The first-order chi connectivity index (χ1) is 22.2. The highest BCUT2D eigenvalue weighted by atomic mass is 35.5. The van der Waals surface area contributed by atoms with Crippen molar-refractivity contribution in [2.45, 2.75) is 0 Å². The normalized spacial score (nSPS) is 11.7. The summed E-state index contributed by atoms with van der Waals surface area (Å²) in [6.45, 7) is 0. The van der Waals surface area contributed by atoms with E-state index in [1.165, 1.54) is 25.7 Å². The molecular weight excluding hydrogens is 594 g/mol. The fourth-order valence-corrected chi connectivity index (χ4v) is 7.59. The summed E-state index contributed by atoms with van der Waals surface area (Å²) in [5, 5.41) is 4.98. The van der Waals surface area contributed by atoms with Gasteiger partial charge in [0.2, 0.25) is 0 Å². The van der Waals surface area contributed by atoms with Crippen molar-refractivity contribution in [3.63, 3.8) is 0 Å². The van der Waals surface area contributed by atoms with Crippen molar-refractivity contribution in [1.29, 1.82) is 0 Å². The molecule has 3 heterocycles.